The number of hydrogen-bond donors (Lipinski definition) is 0. The Kier molecular flexibility index (Phi) is 8.13. The van der Waals surface area contributed by atoms with Crippen molar-refractivity contribution < 1.29 is 8.83 Å². The summed E-state index contributed by atoms with van der Waals surface area (Å²) in [7, 11) is 0. The molecule has 0 spiro atoms. The van der Waals surface area contributed by atoms with Crippen LogP contribution in [-0.2, 0) is 5.41 Å². The minimum atomic E-state index is -0.161. The highest BCUT2D eigenvalue weighted by Gasteiger charge is 2.36. The standard InChI is InChI=1S/C67H43NO2/c1-67(2)60-24-11-9-20-53(60)54-34-31-44(38-61(54)67)68(43-29-26-40(27-30-43)47-22-13-23-57-55-21-10-12-25-62(55)69-65(47)57)45-32-35-56-59-36-41-14-3-4-15-46(41)64(66(59)70-63(56)39-45)42-28-33-52-50-18-6-5-16-48(50)49-17-7-8-19-51(49)58(52)37-42/h3-39H,1-2H3. The smallest absolute Gasteiger partial charge is 0.143 e. The third-order valence-corrected chi connectivity index (χ3v) is 15.4. The Morgan fingerprint density at radius 2 is 0.857 bits per heavy atom. The molecule has 15 rings (SSSR count). The monoisotopic (exact) mass is 893 g/mol. The maximum atomic E-state index is 7.23. The van der Waals surface area contributed by atoms with Crippen LogP contribution in [0, 0.1) is 0 Å². The van der Waals surface area contributed by atoms with Gasteiger partial charge in [0.05, 0.1) is 0 Å². The molecule has 2 aromatic heterocycles. The normalized spacial score (nSPS) is 13.1. The van der Waals surface area contributed by atoms with Gasteiger partial charge in [-0.1, -0.05) is 178 Å². The first kappa shape index (κ1) is 39.1. The van der Waals surface area contributed by atoms with Crippen LogP contribution in [0.25, 0.3) is 120 Å². The molecule has 0 radical (unpaired) electrons. The first-order valence-corrected chi connectivity index (χ1v) is 24.2. The molecule has 14 aromatic rings. The zero-order valence-electron chi connectivity index (χ0n) is 38.6. The molecule has 328 valence electrons. The van der Waals surface area contributed by atoms with Crippen LogP contribution >= 0.6 is 0 Å². The van der Waals surface area contributed by atoms with Crippen molar-refractivity contribution in [3.05, 3.63) is 236 Å². The van der Waals surface area contributed by atoms with Crippen molar-refractivity contribution in [3.8, 4) is 33.4 Å². The molecule has 12 aromatic carbocycles. The first-order valence-electron chi connectivity index (χ1n) is 24.2. The second-order valence-electron chi connectivity index (χ2n) is 19.5. The molecule has 0 amide bonds. The number of para-hydroxylation sites is 2. The van der Waals surface area contributed by atoms with Crippen molar-refractivity contribution in [1.82, 2.24) is 0 Å². The van der Waals surface area contributed by atoms with Crippen LogP contribution < -0.4 is 4.90 Å². The summed E-state index contributed by atoms with van der Waals surface area (Å²) >= 11 is 0. The maximum absolute atomic E-state index is 7.23. The number of anilines is 3. The molecule has 0 saturated carbocycles. The van der Waals surface area contributed by atoms with E-state index in [9.17, 15) is 0 Å². The van der Waals surface area contributed by atoms with Gasteiger partial charge in [-0.05, 0) is 131 Å². The van der Waals surface area contributed by atoms with E-state index in [1.807, 2.05) is 12.1 Å². The topological polar surface area (TPSA) is 29.5 Å². The summed E-state index contributed by atoms with van der Waals surface area (Å²) in [6, 6.07) is 81.9. The number of hydrogen-bond acceptors (Lipinski definition) is 3. The molecule has 0 N–H and O–H groups in total. The SMILES string of the molecule is CC1(C)c2ccccc2-c2ccc(N(c3ccc(-c4cccc5c4oc4ccccc45)cc3)c3ccc4c(c3)oc3c(-c5ccc6c7ccccc7c7ccccc7c6c5)c5ccccc5cc34)cc21. The first-order chi connectivity index (χ1) is 34.5. The molecule has 1 aliphatic carbocycles. The van der Waals surface area contributed by atoms with E-state index in [-0.39, 0.29) is 5.41 Å². The van der Waals surface area contributed by atoms with Gasteiger partial charge in [-0.3, -0.25) is 0 Å². The fraction of sp³-hybridized carbons (Fsp3) is 0.0448. The van der Waals surface area contributed by atoms with Gasteiger partial charge in [-0.25, -0.2) is 0 Å². The van der Waals surface area contributed by atoms with Crippen molar-refractivity contribution in [2.75, 3.05) is 4.90 Å². The number of furan rings is 2. The summed E-state index contributed by atoms with van der Waals surface area (Å²) < 4.78 is 13.7. The lowest BCUT2D eigenvalue weighted by atomic mass is 9.82. The third-order valence-electron chi connectivity index (χ3n) is 15.4. The zero-order valence-corrected chi connectivity index (χ0v) is 38.6. The van der Waals surface area contributed by atoms with Crippen LogP contribution in [0.3, 0.4) is 0 Å². The summed E-state index contributed by atoms with van der Waals surface area (Å²) in [6.07, 6.45) is 0. The van der Waals surface area contributed by atoms with Crippen LogP contribution in [0.4, 0.5) is 17.1 Å². The Morgan fingerprint density at radius 3 is 1.66 bits per heavy atom. The Hall–Kier alpha value is -8.92. The number of nitrogens with zero attached hydrogens (tertiary/aromatic N) is 1. The lowest BCUT2D eigenvalue weighted by molar-refractivity contribution is 0.660. The number of rotatable bonds is 5. The quantitative estimate of drug-likeness (QED) is 0.161. The molecule has 3 heteroatoms. The molecule has 0 fully saturated rings. The van der Waals surface area contributed by atoms with Crippen molar-refractivity contribution in [2.45, 2.75) is 19.3 Å². The lowest BCUT2D eigenvalue weighted by Crippen LogP contribution is -2.16. The number of fused-ring (bicyclic) bond motifs is 16. The van der Waals surface area contributed by atoms with E-state index < -0.39 is 0 Å². The van der Waals surface area contributed by atoms with E-state index in [2.05, 4.69) is 231 Å². The van der Waals surface area contributed by atoms with E-state index in [0.717, 1.165) is 83.2 Å². The lowest BCUT2D eigenvalue weighted by Gasteiger charge is -2.28. The fourth-order valence-corrected chi connectivity index (χ4v) is 12.1. The molecule has 0 bridgehead atoms. The Labute approximate surface area is 404 Å². The van der Waals surface area contributed by atoms with Gasteiger partial charge in [-0.15, -0.1) is 0 Å². The predicted molar refractivity (Wildman–Crippen MR) is 294 cm³/mol. The van der Waals surface area contributed by atoms with Crippen molar-refractivity contribution >= 4 is 104 Å². The summed E-state index contributed by atoms with van der Waals surface area (Å²) in [6.45, 7) is 4.70. The Morgan fingerprint density at radius 1 is 0.314 bits per heavy atom. The average molecular weight is 894 g/mol. The van der Waals surface area contributed by atoms with E-state index in [1.165, 1.54) is 65.3 Å². The van der Waals surface area contributed by atoms with Gasteiger partial charge in [0.1, 0.15) is 22.3 Å². The molecule has 0 atom stereocenters. The summed E-state index contributed by atoms with van der Waals surface area (Å²) in [5.74, 6) is 0. The maximum Gasteiger partial charge on any atom is 0.143 e. The largest absolute Gasteiger partial charge is 0.455 e. The highest BCUT2D eigenvalue weighted by Crippen LogP contribution is 2.52. The minimum absolute atomic E-state index is 0.161. The molecular weight excluding hydrogens is 851 g/mol. The fourth-order valence-electron chi connectivity index (χ4n) is 12.1. The zero-order chi connectivity index (χ0) is 46.2. The van der Waals surface area contributed by atoms with E-state index in [1.54, 1.807) is 0 Å². The average Bonchev–Trinajstić information content (AvgIpc) is 4.05. The van der Waals surface area contributed by atoms with Crippen molar-refractivity contribution in [2.24, 2.45) is 0 Å². The van der Waals surface area contributed by atoms with Gasteiger partial charge in [0.2, 0.25) is 0 Å². The van der Waals surface area contributed by atoms with Crippen molar-refractivity contribution in [3.63, 3.8) is 0 Å². The minimum Gasteiger partial charge on any atom is -0.455 e. The van der Waals surface area contributed by atoms with Crippen LogP contribution in [-0.4, -0.2) is 0 Å². The van der Waals surface area contributed by atoms with Gasteiger partial charge in [0.25, 0.3) is 0 Å². The summed E-state index contributed by atoms with van der Waals surface area (Å²) in [5, 5.41) is 14.3. The van der Waals surface area contributed by atoms with Gasteiger partial charge in [-0.2, -0.15) is 0 Å². The van der Waals surface area contributed by atoms with Crippen LogP contribution in [0.15, 0.2) is 233 Å². The molecule has 70 heavy (non-hydrogen) atoms. The predicted octanol–water partition coefficient (Wildman–Crippen LogP) is 19.2. The van der Waals surface area contributed by atoms with E-state index in [4.69, 9.17) is 8.83 Å². The molecule has 1 aliphatic rings. The molecule has 0 aliphatic heterocycles. The van der Waals surface area contributed by atoms with E-state index >= 15 is 0 Å². The highest BCUT2D eigenvalue weighted by molar-refractivity contribution is 6.27. The summed E-state index contributed by atoms with van der Waals surface area (Å²) in [4.78, 5) is 2.38. The Bertz CT molecular complexity index is 4480. The van der Waals surface area contributed by atoms with Gasteiger partial charge < -0.3 is 13.7 Å². The molecule has 0 saturated heterocycles. The van der Waals surface area contributed by atoms with E-state index in [0.29, 0.717) is 0 Å². The van der Waals surface area contributed by atoms with Crippen molar-refractivity contribution in [1.29, 1.82) is 0 Å². The number of benzene rings is 12. The van der Waals surface area contributed by atoms with Gasteiger partial charge in [0, 0.05) is 61.2 Å². The molecular formula is C67H43NO2. The van der Waals surface area contributed by atoms with Crippen LogP contribution in [0.5, 0.6) is 0 Å². The molecule has 0 unspecified atom stereocenters. The van der Waals surface area contributed by atoms with Crippen LogP contribution in [0.2, 0.25) is 0 Å². The second-order valence-corrected chi connectivity index (χ2v) is 19.5. The molecule has 3 nitrogen and oxygen atoms in total. The highest BCUT2D eigenvalue weighted by atomic mass is 16.3. The van der Waals surface area contributed by atoms with Gasteiger partial charge in [0.15, 0.2) is 0 Å². The summed E-state index contributed by atoms with van der Waals surface area (Å²) in [5.41, 5.74) is 16.2. The Balaban J connectivity index is 0.921. The third kappa shape index (κ3) is 5.57. The second kappa shape index (κ2) is 14.5. The van der Waals surface area contributed by atoms with Crippen LogP contribution in [0.1, 0.15) is 25.0 Å². The molecule has 2 heterocycles. The van der Waals surface area contributed by atoms with Gasteiger partial charge >= 0.3 is 0 Å².